The number of nitrogens with two attached hydrogens (primary N) is 1. The van der Waals surface area contributed by atoms with Gasteiger partial charge in [-0.05, 0) is 13.8 Å². The molecule has 0 atom stereocenters. The highest BCUT2D eigenvalue weighted by atomic mass is 79.9. The number of halogens is 1. The standard InChI is InChI=1S/C3H8BrNO/c1-3(2,4)6-5/h5H2,1-2H3. The van der Waals surface area contributed by atoms with E-state index in [4.69, 9.17) is 5.90 Å². The lowest BCUT2D eigenvalue weighted by molar-refractivity contribution is 0.0584. The van der Waals surface area contributed by atoms with Crippen LogP contribution >= 0.6 is 15.9 Å². The Balaban J connectivity index is 3.17. The van der Waals surface area contributed by atoms with Crippen molar-refractivity contribution in [3.63, 3.8) is 0 Å². The third kappa shape index (κ3) is 4.40. The molecule has 6 heavy (non-hydrogen) atoms. The average molecular weight is 154 g/mol. The van der Waals surface area contributed by atoms with E-state index in [9.17, 15) is 0 Å². The number of alkyl halides is 1. The second kappa shape index (κ2) is 1.91. The molecule has 2 N–H and O–H groups in total. The third-order valence-corrected chi connectivity index (χ3v) is 0.467. The summed E-state index contributed by atoms with van der Waals surface area (Å²) in [6.07, 6.45) is 0. The predicted molar refractivity (Wildman–Crippen MR) is 28.3 cm³/mol. The molecule has 0 aliphatic carbocycles. The van der Waals surface area contributed by atoms with Crippen LogP contribution in [0.4, 0.5) is 0 Å². The van der Waals surface area contributed by atoms with Gasteiger partial charge in [-0.3, -0.25) is 4.84 Å². The minimum atomic E-state index is -0.368. The van der Waals surface area contributed by atoms with Crippen molar-refractivity contribution in [3.8, 4) is 0 Å². The van der Waals surface area contributed by atoms with E-state index in [1.807, 2.05) is 13.8 Å². The van der Waals surface area contributed by atoms with Gasteiger partial charge in [-0.15, -0.1) is 0 Å². The molecular formula is C3H8BrNO. The highest BCUT2D eigenvalue weighted by Gasteiger charge is 2.08. The Morgan fingerprint density at radius 1 is 1.67 bits per heavy atom. The maximum absolute atomic E-state index is 4.76. The first kappa shape index (κ1) is 6.40. The lowest BCUT2D eigenvalue weighted by atomic mass is 10.5. The summed E-state index contributed by atoms with van der Waals surface area (Å²) in [6, 6.07) is 0. The van der Waals surface area contributed by atoms with E-state index in [2.05, 4.69) is 20.8 Å². The smallest absolute Gasteiger partial charge is 0.138 e. The van der Waals surface area contributed by atoms with E-state index in [1.165, 1.54) is 0 Å². The highest BCUT2D eigenvalue weighted by Crippen LogP contribution is 2.12. The van der Waals surface area contributed by atoms with Gasteiger partial charge in [-0.25, -0.2) is 5.90 Å². The average Bonchev–Trinajstić information content (AvgIpc) is 1.35. The van der Waals surface area contributed by atoms with Gasteiger partial charge < -0.3 is 0 Å². The van der Waals surface area contributed by atoms with Crippen LogP contribution in [0, 0.1) is 0 Å². The zero-order valence-electron chi connectivity index (χ0n) is 3.86. The van der Waals surface area contributed by atoms with E-state index in [-0.39, 0.29) is 4.51 Å². The normalized spacial score (nSPS) is 12.0. The van der Waals surface area contributed by atoms with Crippen molar-refractivity contribution in [1.29, 1.82) is 0 Å². The molecule has 0 aliphatic heterocycles. The molecule has 3 heteroatoms. The Hall–Kier alpha value is 0.400. The quantitative estimate of drug-likeness (QED) is 0.451. The molecule has 2 nitrogen and oxygen atoms in total. The first-order valence-electron chi connectivity index (χ1n) is 1.63. The molecule has 0 heterocycles. The van der Waals surface area contributed by atoms with Crippen molar-refractivity contribution in [2.24, 2.45) is 5.90 Å². The van der Waals surface area contributed by atoms with Crippen LogP contribution in [0.1, 0.15) is 13.8 Å². The summed E-state index contributed by atoms with van der Waals surface area (Å²) in [6.45, 7) is 3.62. The predicted octanol–water partition coefficient (Wildman–Crippen LogP) is 1.01. The fourth-order valence-electron chi connectivity index (χ4n) is 0. The maximum Gasteiger partial charge on any atom is 0.138 e. The Labute approximate surface area is 45.7 Å². The number of hydrogen-bond acceptors (Lipinski definition) is 2. The van der Waals surface area contributed by atoms with E-state index in [0.717, 1.165) is 0 Å². The monoisotopic (exact) mass is 153 g/mol. The lowest BCUT2D eigenvalue weighted by Gasteiger charge is -2.10. The molecule has 0 saturated carbocycles. The van der Waals surface area contributed by atoms with Gasteiger partial charge in [0.1, 0.15) is 4.51 Å². The molecule has 0 fully saturated rings. The molecule has 0 bridgehead atoms. The highest BCUT2D eigenvalue weighted by molar-refractivity contribution is 9.10. The van der Waals surface area contributed by atoms with Crippen molar-refractivity contribution in [2.45, 2.75) is 18.4 Å². The molecular weight excluding hydrogens is 146 g/mol. The van der Waals surface area contributed by atoms with Crippen molar-refractivity contribution in [3.05, 3.63) is 0 Å². The molecule has 0 aromatic heterocycles. The summed E-state index contributed by atoms with van der Waals surface area (Å²) in [5.74, 6) is 4.76. The van der Waals surface area contributed by atoms with Gasteiger partial charge in [-0.1, -0.05) is 15.9 Å². The van der Waals surface area contributed by atoms with Crippen LogP contribution < -0.4 is 5.90 Å². The van der Waals surface area contributed by atoms with E-state index in [1.54, 1.807) is 0 Å². The largest absolute Gasteiger partial charge is 0.287 e. The van der Waals surface area contributed by atoms with Gasteiger partial charge >= 0.3 is 0 Å². The molecule has 0 aromatic rings. The first-order valence-corrected chi connectivity index (χ1v) is 2.42. The van der Waals surface area contributed by atoms with E-state index < -0.39 is 0 Å². The van der Waals surface area contributed by atoms with E-state index >= 15 is 0 Å². The van der Waals surface area contributed by atoms with Crippen LogP contribution in [0.3, 0.4) is 0 Å². The molecule has 0 radical (unpaired) electrons. The Morgan fingerprint density at radius 2 is 1.83 bits per heavy atom. The fraction of sp³-hybridized carbons (Fsp3) is 1.00. The summed E-state index contributed by atoms with van der Waals surface area (Å²) in [5.41, 5.74) is 0. The lowest BCUT2D eigenvalue weighted by Crippen LogP contribution is -2.19. The van der Waals surface area contributed by atoms with Crippen LogP contribution in [-0.4, -0.2) is 4.51 Å². The Bertz CT molecular complexity index is 40.5. The van der Waals surface area contributed by atoms with Crippen LogP contribution in [0.25, 0.3) is 0 Å². The van der Waals surface area contributed by atoms with Gasteiger partial charge in [0.15, 0.2) is 0 Å². The second-order valence-corrected chi connectivity index (χ2v) is 3.39. The zero-order valence-corrected chi connectivity index (χ0v) is 5.45. The summed E-state index contributed by atoms with van der Waals surface area (Å²) in [7, 11) is 0. The van der Waals surface area contributed by atoms with Gasteiger partial charge in [-0.2, -0.15) is 0 Å². The molecule has 0 aromatic carbocycles. The third-order valence-electron chi connectivity index (χ3n) is 0.280. The molecule has 0 saturated heterocycles. The Kier molecular flexibility index (Phi) is 2.04. The van der Waals surface area contributed by atoms with Crippen molar-refractivity contribution in [1.82, 2.24) is 0 Å². The van der Waals surface area contributed by atoms with Crippen LogP contribution in [0.2, 0.25) is 0 Å². The van der Waals surface area contributed by atoms with Crippen molar-refractivity contribution in [2.75, 3.05) is 0 Å². The van der Waals surface area contributed by atoms with Crippen LogP contribution in [-0.2, 0) is 4.84 Å². The zero-order chi connectivity index (χ0) is 5.21. The molecule has 38 valence electrons. The topological polar surface area (TPSA) is 35.2 Å². The van der Waals surface area contributed by atoms with Crippen molar-refractivity contribution >= 4 is 15.9 Å². The fourth-order valence-corrected chi connectivity index (χ4v) is 0. The summed E-state index contributed by atoms with van der Waals surface area (Å²) in [4.78, 5) is 4.35. The maximum atomic E-state index is 4.76. The SMILES string of the molecule is CC(C)(Br)ON. The Morgan fingerprint density at radius 3 is 1.83 bits per heavy atom. The van der Waals surface area contributed by atoms with Gasteiger partial charge in [0.2, 0.25) is 0 Å². The van der Waals surface area contributed by atoms with Gasteiger partial charge in [0, 0.05) is 0 Å². The van der Waals surface area contributed by atoms with Crippen LogP contribution in [0.15, 0.2) is 0 Å². The summed E-state index contributed by atoms with van der Waals surface area (Å²) < 4.78 is -0.368. The summed E-state index contributed by atoms with van der Waals surface area (Å²) in [5, 5.41) is 0. The number of hydrogen-bond donors (Lipinski definition) is 1. The molecule has 0 amide bonds. The minimum absolute atomic E-state index is 0.368. The molecule has 0 unspecified atom stereocenters. The summed E-state index contributed by atoms with van der Waals surface area (Å²) >= 11 is 3.13. The van der Waals surface area contributed by atoms with Gasteiger partial charge in [0.05, 0.1) is 0 Å². The van der Waals surface area contributed by atoms with Crippen molar-refractivity contribution < 1.29 is 4.84 Å². The number of rotatable bonds is 1. The first-order chi connectivity index (χ1) is 2.56. The van der Waals surface area contributed by atoms with Crippen LogP contribution in [0.5, 0.6) is 0 Å². The molecule has 0 spiro atoms. The van der Waals surface area contributed by atoms with Gasteiger partial charge in [0.25, 0.3) is 0 Å². The molecule has 0 aliphatic rings. The molecule has 0 rings (SSSR count). The minimum Gasteiger partial charge on any atom is -0.287 e. The van der Waals surface area contributed by atoms with E-state index in [0.29, 0.717) is 0 Å². The second-order valence-electron chi connectivity index (χ2n) is 1.48.